The van der Waals surface area contributed by atoms with Gasteiger partial charge >= 0.3 is 0 Å². The summed E-state index contributed by atoms with van der Waals surface area (Å²) in [6.45, 7) is 10.1. The van der Waals surface area contributed by atoms with Gasteiger partial charge in [-0.1, -0.05) is 42.7 Å². The van der Waals surface area contributed by atoms with Gasteiger partial charge in [0.25, 0.3) is 0 Å². The van der Waals surface area contributed by atoms with E-state index < -0.39 is 0 Å². The van der Waals surface area contributed by atoms with Crippen molar-refractivity contribution in [3.63, 3.8) is 0 Å². The Hall–Kier alpha value is -0.900. The fraction of sp³-hybridized carbons (Fsp3) is 0.714. The number of hydrogen-bond acceptors (Lipinski definition) is 3. The van der Waals surface area contributed by atoms with Crippen LogP contribution in [-0.4, -0.2) is 55.2 Å². The Morgan fingerprint density at radius 2 is 1.29 bits per heavy atom. The lowest BCUT2D eigenvalue weighted by atomic mass is 10.1. The van der Waals surface area contributed by atoms with Gasteiger partial charge in [0.1, 0.15) is 0 Å². The van der Waals surface area contributed by atoms with Crippen molar-refractivity contribution in [1.29, 1.82) is 0 Å². The molecule has 1 aromatic rings. The monoisotopic (exact) mass is 330 g/mol. The summed E-state index contributed by atoms with van der Waals surface area (Å²) >= 11 is 0. The van der Waals surface area contributed by atoms with Crippen molar-refractivity contribution in [1.82, 2.24) is 9.80 Å². The summed E-state index contributed by atoms with van der Waals surface area (Å²) in [6, 6.07) is 8.77. The van der Waals surface area contributed by atoms with Gasteiger partial charge in [-0.25, -0.2) is 0 Å². The van der Waals surface area contributed by atoms with Crippen molar-refractivity contribution in [2.24, 2.45) is 0 Å². The number of nitrogens with zero attached hydrogens (tertiary/aromatic N) is 2. The average Bonchev–Trinajstić information content (AvgIpc) is 2.63. The molecule has 2 aliphatic heterocycles. The lowest BCUT2D eigenvalue weighted by Crippen LogP contribution is -2.44. The van der Waals surface area contributed by atoms with Crippen molar-refractivity contribution >= 4 is 0 Å². The van der Waals surface area contributed by atoms with Gasteiger partial charge in [0.2, 0.25) is 0 Å². The minimum atomic E-state index is 0.336. The second-order valence-electron chi connectivity index (χ2n) is 7.64. The maximum atomic E-state index is 6.39. The zero-order valence-corrected chi connectivity index (χ0v) is 15.4. The number of aryl methyl sites for hydroxylation is 1. The molecule has 2 heterocycles. The van der Waals surface area contributed by atoms with E-state index in [-0.39, 0.29) is 0 Å². The van der Waals surface area contributed by atoms with Gasteiger partial charge in [-0.05, 0) is 64.3 Å². The first-order valence-corrected chi connectivity index (χ1v) is 9.91. The quantitative estimate of drug-likeness (QED) is 0.755. The van der Waals surface area contributed by atoms with Crippen molar-refractivity contribution in [3.8, 4) is 0 Å². The van der Waals surface area contributed by atoms with E-state index in [1.807, 2.05) is 0 Å². The molecule has 2 saturated heterocycles. The van der Waals surface area contributed by atoms with E-state index in [2.05, 4.69) is 41.0 Å². The van der Waals surface area contributed by atoms with Crippen molar-refractivity contribution < 1.29 is 4.74 Å². The van der Waals surface area contributed by atoms with Crippen LogP contribution in [-0.2, 0) is 11.3 Å². The maximum absolute atomic E-state index is 6.39. The molecule has 0 radical (unpaired) electrons. The molecule has 1 aromatic carbocycles. The van der Waals surface area contributed by atoms with Crippen molar-refractivity contribution in [3.05, 3.63) is 35.4 Å². The third-order valence-corrected chi connectivity index (χ3v) is 5.43. The molecule has 0 aliphatic carbocycles. The molecule has 0 aromatic heterocycles. The summed E-state index contributed by atoms with van der Waals surface area (Å²) in [6.07, 6.45) is 8.56. The predicted molar refractivity (Wildman–Crippen MR) is 100 cm³/mol. The van der Waals surface area contributed by atoms with Gasteiger partial charge in [0.05, 0.1) is 12.7 Å². The molecule has 3 rings (SSSR count). The summed E-state index contributed by atoms with van der Waals surface area (Å²) in [5.41, 5.74) is 2.61. The fourth-order valence-electron chi connectivity index (χ4n) is 3.92. The molecule has 0 saturated carbocycles. The summed E-state index contributed by atoms with van der Waals surface area (Å²) in [7, 11) is 0. The van der Waals surface area contributed by atoms with E-state index in [1.54, 1.807) is 0 Å². The molecule has 134 valence electrons. The van der Waals surface area contributed by atoms with Gasteiger partial charge in [-0.3, -0.25) is 0 Å². The SMILES string of the molecule is Cc1ccc(COC(CN2CCCCC2)CN2CCCCC2)cc1. The first-order chi connectivity index (χ1) is 11.8. The van der Waals surface area contributed by atoms with E-state index in [9.17, 15) is 0 Å². The molecule has 0 bridgehead atoms. The van der Waals surface area contributed by atoms with Crippen LogP contribution in [0.5, 0.6) is 0 Å². The van der Waals surface area contributed by atoms with Crippen molar-refractivity contribution in [2.45, 2.75) is 58.2 Å². The predicted octanol–water partition coefficient (Wildman–Crippen LogP) is 3.85. The molecule has 3 nitrogen and oxygen atoms in total. The van der Waals surface area contributed by atoms with Crippen LogP contribution in [0.4, 0.5) is 0 Å². The zero-order valence-electron chi connectivity index (χ0n) is 15.4. The molecule has 24 heavy (non-hydrogen) atoms. The van der Waals surface area contributed by atoms with Gasteiger partial charge in [0, 0.05) is 13.1 Å². The Morgan fingerprint density at radius 3 is 1.79 bits per heavy atom. The average molecular weight is 331 g/mol. The molecule has 3 heteroatoms. The van der Waals surface area contributed by atoms with E-state index in [4.69, 9.17) is 4.74 Å². The van der Waals surface area contributed by atoms with Gasteiger partial charge < -0.3 is 14.5 Å². The van der Waals surface area contributed by atoms with Crippen LogP contribution in [0.15, 0.2) is 24.3 Å². The molecule has 2 fully saturated rings. The Balaban J connectivity index is 1.53. The van der Waals surface area contributed by atoms with E-state index >= 15 is 0 Å². The maximum Gasteiger partial charge on any atom is 0.0833 e. The molecule has 0 amide bonds. The Morgan fingerprint density at radius 1 is 0.792 bits per heavy atom. The Bertz CT molecular complexity index is 441. The lowest BCUT2D eigenvalue weighted by molar-refractivity contribution is -0.0118. The smallest absolute Gasteiger partial charge is 0.0833 e. The second kappa shape index (κ2) is 9.55. The third-order valence-electron chi connectivity index (χ3n) is 5.43. The van der Waals surface area contributed by atoms with Crippen LogP contribution in [0.2, 0.25) is 0 Å². The molecule has 0 spiro atoms. The Kier molecular flexibility index (Phi) is 7.13. The third kappa shape index (κ3) is 5.87. The van der Waals surface area contributed by atoms with Crippen LogP contribution in [0.1, 0.15) is 49.7 Å². The molecule has 0 unspecified atom stereocenters. The van der Waals surface area contributed by atoms with Gasteiger partial charge in [0.15, 0.2) is 0 Å². The summed E-state index contributed by atoms with van der Waals surface area (Å²) in [5.74, 6) is 0. The lowest BCUT2D eigenvalue weighted by Gasteiger charge is -2.34. The highest BCUT2D eigenvalue weighted by molar-refractivity contribution is 5.20. The molecule has 0 atom stereocenters. The molecular weight excluding hydrogens is 296 g/mol. The van der Waals surface area contributed by atoms with Gasteiger partial charge in [-0.2, -0.15) is 0 Å². The first-order valence-electron chi connectivity index (χ1n) is 9.91. The number of likely N-dealkylation sites (tertiary alicyclic amines) is 2. The highest BCUT2D eigenvalue weighted by Gasteiger charge is 2.21. The van der Waals surface area contributed by atoms with Crippen LogP contribution >= 0.6 is 0 Å². The summed E-state index contributed by atoms with van der Waals surface area (Å²) in [5, 5.41) is 0. The zero-order chi connectivity index (χ0) is 16.6. The van der Waals surface area contributed by atoms with Crippen molar-refractivity contribution in [2.75, 3.05) is 39.3 Å². The highest BCUT2D eigenvalue weighted by Crippen LogP contribution is 2.15. The van der Waals surface area contributed by atoms with Gasteiger partial charge in [-0.15, -0.1) is 0 Å². The molecule has 0 N–H and O–H groups in total. The fourth-order valence-corrected chi connectivity index (χ4v) is 3.92. The standard InChI is InChI=1S/C21H34N2O/c1-19-8-10-20(11-9-19)18-24-21(16-22-12-4-2-5-13-22)17-23-14-6-3-7-15-23/h8-11,21H,2-7,12-18H2,1H3. The first kappa shape index (κ1) is 17.9. The van der Waals surface area contributed by atoms with E-state index in [0.717, 1.165) is 19.7 Å². The summed E-state index contributed by atoms with van der Waals surface area (Å²) in [4.78, 5) is 5.24. The number of hydrogen-bond donors (Lipinski definition) is 0. The number of rotatable bonds is 7. The largest absolute Gasteiger partial charge is 0.371 e. The Labute approximate surface area is 148 Å². The summed E-state index contributed by atoms with van der Waals surface area (Å²) < 4.78 is 6.39. The second-order valence-corrected chi connectivity index (χ2v) is 7.64. The molecule has 2 aliphatic rings. The number of benzene rings is 1. The van der Waals surface area contributed by atoms with Crippen LogP contribution < -0.4 is 0 Å². The van der Waals surface area contributed by atoms with Crippen LogP contribution in [0.3, 0.4) is 0 Å². The topological polar surface area (TPSA) is 15.7 Å². The number of ether oxygens (including phenoxy) is 1. The van der Waals surface area contributed by atoms with E-state index in [0.29, 0.717) is 6.10 Å². The minimum absolute atomic E-state index is 0.336. The highest BCUT2D eigenvalue weighted by atomic mass is 16.5. The van der Waals surface area contributed by atoms with E-state index in [1.165, 1.54) is 75.8 Å². The normalized spacial score (nSPS) is 20.6. The molecular formula is C21H34N2O. The van der Waals surface area contributed by atoms with Crippen LogP contribution in [0.25, 0.3) is 0 Å². The van der Waals surface area contributed by atoms with Crippen LogP contribution in [0, 0.1) is 6.92 Å². The number of piperidine rings is 2. The minimum Gasteiger partial charge on any atom is -0.371 e.